The molecule has 9 heteroatoms. The maximum absolute atomic E-state index is 13.0. The molecule has 1 N–H and O–H groups in total. The van der Waals surface area contributed by atoms with E-state index in [-0.39, 0.29) is 6.54 Å². The van der Waals surface area contributed by atoms with Crippen LogP contribution < -0.4 is 10.1 Å². The molecule has 0 saturated carbocycles. The van der Waals surface area contributed by atoms with E-state index >= 15 is 0 Å². The summed E-state index contributed by atoms with van der Waals surface area (Å²) < 4.78 is 45.6. The summed E-state index contributed by atoms with van der Waals surface area (Å²) in [5, 5.41) is 7.44. The Bertz CT molecular complexity index is 1280. The number of aryl methyl sites for hydroxylation is 1. The fraction of sp³-hybridized carbons (Fsp3) is 0.174. The summed E-state index contributed by atoms with van der Waals surface area (Å²) in [5.74, 6) is 0.256. The molecule has 0 aliphatic rings. The number of carbonyl (C=O) groups excluding carboxylic acids is 1. The highest BCUT2D eigenvalue weighted by atomic mass is 19.4. The Morgan fingerprint density at radius 2 is 1.88 bits per heavy atom. The predicted octanol–water partition coefficient (Wildman–Crippen LogP) is 4.59. The number of hydrogen-bond donors (Lipinski definition) is 1. The fourth-order valence-corrected chi connectivity index (χ4v) is 3.35. The third-order valence-corrected chi connectivity index (χ3v) is 5.04. The third-order valence-electron chi connectivity index (χ3n) is 5.04. The van der Waals surface area contributed by atoms with E-state index in [9.17, 15) is 18.0 Å². The number of amides is 1. The molecule has 4 aromatic rings. The maximum atomic E-state index is 13.0. The van der Waals surface area contributed by atoms with Gasteiger partial charge in [0.15, 0.2) is 5.65 Å². The van der Waals surface area contributed by atoms with Crippen LogP contribution in [0.3, 0.4) is 0 Å². The molecule has 0 aliphatic carbocycles. The molecule has 164 valence electrons. The Hall–Kier alpha value is -3.88. The van der Waals surface area contributed by atoms with Gasteiger partial charge in [0.1, 0.15) is 5.75 Å². The number of ether oxygens (including phenoxy) is 1. The lowest BCUT2D eigenvalue weighted by Gasteiger charge is -2.11. The van der Waals surface area contributed by atoms with Gasteiger partial charge in [0, 0.05) is 19.2 Å². The van der Waals surface area contributed by atoms with Gasteiger partial charge >= 0.3 is 6.18 Å². The Labute approximate surface area is 181 Å². The van der Waals surface area contributed by atoms with Crippen LogP contribution in [-0.4, -0.2) is 27.8 Å². The number of carbonyl (C=O) groups is 1. The Balaban J connectivity index is 1.65. The molecular formula is C23H19F3N4O2. The molecule has 0 fully saturated rings. The summed E-state index contributed by atoms with van der Waals surface area (Å²) in [5.41, 5.74) is 1.78. The standard InChI is InChI=1S/C23H19F3N4O2/c1-30-21-19(13-28-30)18(11-20(29-21)15-6-8-17(32-2)9-7-15)22(31)27-12-14-4-3-5-16(10-14)23(24,25)26/h3-11,13H,12H2,1-2H3,(H,27,31). The molecule has 2 heterocycles. The van der Waals surface area contributed by atoms with Gasteiger partial charge in [-0.3, -0.25) is 9.48 Å². The number of benzene rings is 2. The summed E-state index contributed by atoms with van der Waals surface area (Å²) >= 11 is 0. The number of halogens is 3. The fourth-order valence-electron chi connectivity index (χ4n) is 3.35. The molecule has 0 radical (unpaired) electrons. The first-order valence-corrected chi connectivity index (χ1v) is 9.68. The molecule has 0 aliphatic heterocycles. The zero-order valence-electron chi connectivity index (χ0n) is 17.3. The highest BCUT2D eigenvalue weighted by Crippen LogP contribution is 2.30. The second-order valence-corrected chi connectivity index (χ2v) is 7.17. The summed E-state index contributed by atoms with van der Waals surface area (Å²) in [6.45, 7) is -0.0509. The molecule has 2 aromatic carbocycles. The van der Waals surface area contributed by atoms with Crippen molar-refractivity contribution >= 4 is 16.9 Å². The largest absolute Gasteiger partial charge is 0.497 e. The molecule has 1 amide bonds. The first-order valence-electron chi connectivity index (χ1n) is 9.68. The molecule has 0 spiro atoms. The number of methoxy groups -OCH3 is 1. The Morgan fingerprint density at radius 1 is 1.12 bits per heavy atom. The second kappa shape index (κ2) is 8.33. The van der Waals surface area contributed by atoms with Crippen molar-refractivity contribution in [1.29, 1.82) is 0 Å². The lowest BCUT2D eigenvalue weighted by Crippen LogP contribution is -2.23. The molecule has 6 nitrogen and oxygen atoms in total. The summed E-state index contributed by atoms with van der Waals surface area (Å²) in [7, 11) is 3.29. The SMILES string of the molecule is COc1ccc(-c2cc(C(=O)NCc3cccc(C(F)(F)F)c3)c3cnn(C)c3n2)cc1. The van der Waals surface area contributed by atoms with E-state index in [1.807, 2.05) is 12.1 Å². The molecule has 2 aromatic heterocycles. The third kappa shape index (κ3) is 4.27. The van der Waals surface area contributed by atoms with Crippen LogP contribution in [0.2, 0.25) is 0 Å². The number of nitrogens with one attached hydrogen (secondary N) is 1. The van der Waals surface area contributed by atoms with Crippen molar-refractivity contribution in [2.45, 2.75) is 12.7 Å². The van der Waals surface area contributed by atoms with Crippen LogP contribution in [0.1, 0.15) is 21.5 Å². The number of pyridine rings is 1. The zero-order chi connectivity index (χ0) is 22.9. The van der Waals surface area contributed by atoms with E-state index in [4.69, 9.17) is 4.74 Å². The van der Waals surface area contributed by atoms with E-state index < -0.39 is 17.6 Å². The quantitative estimate of drug-likeness (QED) is 0.493. The first-order chi connectivity index (χ1) is 15.3. The van der Waals surface area contributed by atoms with Gasteiger partial charge in [-0.15, -0.1) is 0 Å². The van der Waals surface area contributed by atoms with Crippen LogP contribution in [0.4, 0.5) is 13.2 Å². The number of alkyl halides is 3. The lowest BCUT2D eigenvalue weighted by atomic mass is 10.1. The number of fused-ring (bicyclic) bond motifs is 1. The normalized spacial score (nSPS) is 11.5. The van der Waals surface area contributed by atoms with Gasteiger partial charge in [0.05, 0.1) is 35.5 Å². The van der Waals surface area contributed by atoms with Crippen LogP contribution in [0.25, 0.3) is 22.3 Å². The average molecular weight is 440 g/mol. The summed E-state index contributed by atoms with van der Waals surface area (Å²) in [6, 6.07) is 13.7. The molecule has 0 saturated heterocycles. The number of nitrogens with zero attached hydrogens (tertiary/aromatic N) is 3. The topological polar surface area (TPSA) is 69.0 Å². The van der Waals surface area contributed by atoms with Crippen molar-refractivity contribution in [3.05, 3.63) is 77.5 Å². The van der Waals surface area contributed by atoms with Crippen LogP contribution in [0.15, 0.2) is 60.8 Å². The van der Waals surface area contributed by atoms with Gasteiger partial charge in [0.2, 0.25) is 0 Å². The van der Waals surface area contributed by atoms with Crippen molar-refractivity contribution in [2.24, 2.45) is 7.05 Å². The monoisotopic (exact) mass is 440 g/mol. The van der Waals surface area contributed by atoms with E-state index in [1.165, 1.54) is 12.1 Å². The van der Waals surface area contributed by atoms with E-state index in [1.54, 1.807) is 43.2 Å². The van der Waals surface area contributed by atoms with Gasteiger partial charge in [0.25, 0.3) is 5.91 Å². The minimum absolute atomic E-state index is 0.0509. The average Bonchev–Trinajstić information content (AvgIpc) is 3.17. The van der Waals surface area contributed by atoms with Crippen molar-refractivity contribution in [1.82, 2.24) is 20.1 Å². The van der Waals surface area contributed by atoms with Crippen LogP contribution >= 0.6 is 0 Å². The highest BCUT2D eigenvalue weighted by molar-refractivity contribution is 6.06. The molecular weight excluding hydrogens is 421 g/mol. The van der Waals surface area contributed by atoms with Crippen molar-refractivity contribution in [3.63, 3.8) is 0 Å². The van der Waals surface area contributed by atoms with Gasteiger partial charge < -0.3 is 10.1 Å². The van der Waals surface area contributed by atoms with E-state index in [0.29, 0.717) is 33.6 Å². The predicted molar refractivity (Wildman–Crippen MR) is 113 cm³/mol. The van der Waals surface area contributed by atoms with Crippen molar-refractivity contribution in [3.8, 4) is 17.0 Å². The molecule has 4 rings (SSSR count). The smallest absolute Gasteiger partial charge is 0.416 e. The molecule has 0 atom stereocenters. The van der Waals surface area contributed by atoms with Gasteiger partial charge in [-0.2, -0.15) is 18.3 Å². The van der Waals surface area contributed by atoms with Crippen LogP contribution in [0.5, 0.6) is 5.75 Å². The summed E-state index contributed by atoms with van der Waals surface area (Å²) in [4.78, 5) is 17.6. The highest BCUT2D eigenvalue weighted by Gasteiger charge is 2.30. The number of hydrogen-bond acceptors (Lipinski definition) is 4. The Kier molecular flexibility index (Phi) is 5.56. The first kappa shape index (κ1) is 21.4. The minimum atomic E-state index is -4.44. The number of aromatic nitrogens is 3. The van der Waals surface area contributed by atoms with E-state index in [0.717, 1.165) is 17.7 Å². The number of rotatable bonds is 5. The summed E-state index contributed by atoms with van der Waals surface area (Å²) in [6.07, 6.45) is -2.90. The second-order valence-electron chi connectivity index (χ2n) is 7.17. The van der Waals surface area contributed by atoms with E-state index in [2.05, 4.69) is 15.4 Å². The van der Waals surface area contributed by atoms with Gasteiger partial charge in [-0.1, -0.05) is 12.1 Å². The van der Waals surface area contributed by atoms with Gasteiger partial charge in [-0.25, -0.2) is 4.98 Å². The minimum Gasteiger partial charge on any atom is -0.497 e. The van der Waals surface area contributed by atoms with Crippen LogP contribution in [0, 0.1) is 0 Å². The maximum Gasteiger partial charge on any atom is 0.416 e. The van der Waals surface area contributed by atoms with Crippen LogP contribution in [-0.2, 0) is 19.8 Å². The lowest BCUT2D eigenvalue weighted by molar-refractivity contribution is -0.137. The van der Waals surface area contributed by atoms with Crippen molar-refractivity contribution < 1.29 is 22.7 Å². The zero-order valence-corrected chi connectivity index (χ0v) is 17.3. The Morgan fingerprint density at radius 3 is 2.56 bits per heavy atom. The molecule has 0 unspecified atom stereocenters. The van der Waals surface area contributed by atoms with Gasteiger partial charge in [-0.05, 0) is 48.0 Å². The van der Waals surface area contributed by atoms with Crippen molar-refractivity contribution in [2.75, 3.05) is 7.11 Å². The molecule has 0 bridgehead atoms. The molecule has 32 heavy (non-hydrogen) atoms.